The summed E-state index contributed by atoms with van der Waals surface area (Å²) < 4.78 is 20.6. The van der Waals surface area contributed by atoms with Gasteiger partial charge < -0.3 is 24.0 Å². The van der Waals surface area contributed by atoms with Gasteiger partial charge in [-0.15, -0.1) is 0 Å². The first-order chi connectivity index (χ1) is 21.1. The fraction of sp³-hybridized carbons (Fsp3) is 0.543. The molecule has 240 valence electrons. The van der Waals surface area contributed by atoms with E-state index in [1.165, 1.54) is 35.7 Å². The lowest BCUT2D eigenvalue weighted by atomic mass is 9.89. The molecule has 0 saturated heterocycles. The van der Waals surface area contributed by atoms with Crippen LogP contribution in [0.4, 0.5) is 10.5 Å². The number of benzene rings is 2. The number of methoxy groups -OCH3 is 1. The highest BCUT2D eigenvalue weighted by Gasteiger charge is 2.32. The standard InChI is InChI=1S/C35H49N3O5S/c1-8-11-26-20-24(3)13-15-29(26)27-22-38-18-17-25(9-2)30(37(6)34(40)41-7)12-10-19-43-35(4,5)33(39)36-44-28-14-16-32(42-23-27)31(38)21-28/h10,12-16,20-21,25,27,30H,8-9,11,17-19,22-23H2,1-7H3,(H,36,39)/b12-10+. The fourth-order valence-electron chi connectivity index (χ4n) is 6.11. The summed E-state index contributed by atoms with van der Waals surface area (Å²) in [4.78, 5) is 30.8. The zero-order valence-corrected chi connectivity index (χ0v) is 28.2. The second-order valence-corrected chi connectivity index (χ2v) is 13.2. The Hall–Kier alpha value is -3.17. The first-order valence-electron chi connectivity index (χ1n) is 15.8. The Morgan fingerprint density at radius 1 is 1.20 bits per heavy atom. The highest BCUT2D eigenvalue weighted by molar-refractivity contribution is 7.98. The minimum absolute atomic E-state index is 0.165. The molecule has 2 aromatic rings. The molecular weight excluding hydrogens is 574 g/mol. The minimum Gasteiger partial charge on any atom is -0.491 e. The molecule has 4 rings (SSSR count). The monoisotopic (exact) mass is 623 g/mol. The number of carbonyl (C=O) groups excluding carboxylic acids is 2. The van der Waals surface area contributed by atoms with Gasteiger partial charge >= 0.3 is 6.09 Å². The van der Waals surface area contributed by atoms with Gasteiger partial charge in [0.25, 0.3) is 5.91 Å². The number of amides is 2. The molecule has 0 fully saturated rings. The van der Waals surface area contributed by atoms with E-state index in [1.807, 2.05) is 24.3 Å². The van der Waals surface area contributed by atoms with Crippen LogP contribution >= 0.6 is 11.9 Å². The van der Waals surface area contributed by atoms with Crippen molar-refractivity contribution in [1.82, 2.24) is 9.62 Å². The van der Waals surface area contributed by atoms with Gasteiger partial charge in [0, 0.05) is 31.0 Å². The van der Waals surface area contributed by atoms with Gasteiger partial charge in [0.2, 0.25) is 0 Å². The van der Waals surface area contributed by atoms with Crippen molar-refractivity contribution < 1.29 is 23.8 Å². The van der Waals surface area contributed by atoms with Gasteiger partial charge in [-0.2, -0.15) is 0 Å². The molecule has 0 aromatic heterocycles. The molecule has 0 radical (unpaired) electrons. The molecule has 9 heteroatoms. The number of rotatable bonds is 5. The number of hydrogen-bond donors (Lipinski definition) is 1. The third kappa shape index (κ3) is 8.10. The summed E-state index contributed by atoms with van der Waals surface area (Å²) >= 11 is 1.29. The maximum absolute atomic E-state index is 13.1. The molecule has 3 atom stereocenters. The maximum atomic E-state index is 13.1. The van der Waals surface area contributed by atoms with E-state index in [9.17, 15) is 9.59 Å². The van der Waals surface area contributed by atoms with Crippen LogP contribution in [0.25, 0.3) is 0 Å². The van der Waals surface area contributed by atoms with E-state index in [2.05, 4.69) is 54.7 Å². The van der Waals surface area contributed by atoms with Crippen molar-refractivity contribution in [2.75, 3.05) is 45.4 Å². The number of ether oxygens (including phenoxy) is 3. The minimum atomic E-state index is -1.04. The molecular formula is C35H49N3O5S. The quantitative estimate of drug-likeness (QED) is 0.287. The molecule has 8 nitrogen and oxygen atoms in total. The number of anilines is 1. The second kappa shape index (κ2) is 15.2. The lowest BCUT2D eigenvalue weighted by molar-refractivity contribution is -0.139. The summed E-state index contributed by atoms with van der Waals surface area (Å²) in [6, 6.07) is 12.7. The van der Waals surface area contributed by atoms with E-state index in [0.717, 1.165) is 55.1 Å². The molecule has 2 bridgehead atoms. The summed E-state index contributed by atoms with van der Waals surface area (Å²) in [5.74, 6) is 0.979. The lowest BCUT2D eigenvalue weighted by Gasteiger charge is -2.34. The van der Waals surface area contributed by atoms with Crippen molar-refractivity contribution in [3.05, 3.63) is 65.2 Å². The normalized spacial score (nSPS) is 23.1. The predicted octanol–water partition coefficient (Wildman–Crippen LogP) is 6.90. The summed E-state index contributed by atoms with van der Waals surface area (Å²) in [5, 5.41) is 0. The number of fused-ring (bicyclic) bond motifs is 1. The smallest absolute Gasteiger partial charge is 0.409 e. The van der Waals surface area contributed by atoms with E-state index < -0.39 is 5.60 Å². The van der Waals surface area contributed by atoms with E-state index >= 15 is 0 Å². The van der Waals surface area contributed by atoms with Gasteiger partial charge in [0.1, 0.15) is 11.4 Å². The molecule has 44 heavy (non-hydrogen) atoms. The van der Waals surface area contributed by atoms with Gasteiger partial charge in [-0.05, 0) is 80.8 Å². The Kier molecular flexibility index (Phi) is 11.7. The molecule has 2 aromatic carbocycles. The van der Waals surface area contributed by atoms with Crippen molar-refractivity contribution in [2.45, 2.75) is 82.8 Å². The van der Waals surface area contributed by atoms with Gasteiger partial charge in [0.15, 0.2) is 0 Å². The van der Waals surface area contributed by atoms with Crippen LogP contribution < -0.4 is 14.4 Å². The molecule has 1 N–H and O–H groups in total. The lowest BCUT2D eigenvalue weighted by Crippen LogP contribution is -2.43. The maximum Gasteiger partial charge on any atom is 0.409 e. The summed E-state index contributed by atoms with van der Waals surface area (Å²) in [5.41, 5.74) is 3.99. The number of aryl methyl sites for hydroxylation is 2. The highest BCUT2D eigenvalue weighted by atomic mass is 32.2. The van der Waals surface area contributed by atoms with Gasteiger partial charge in [-0.25, -0.2) is 4.79 Å². The fourth-order valence-corrected chi connectivity index (χ4v) is 6.87. The van der Waals surface area contributed by atoms with E-state index in [4.69, 9.17) is 14.2 Å². The molecule has 3 unspecified atom stereocenters. The Bertz CT molecular complexity index is 1330. The van der Waals surface area contributed by atoms with Crippen LogP contribution in [0, 0.1) is 12.8 Å². The third-order valence-electron chi connectivity index (χ3n) is 8.78. The average molecular weight is 624 g/mol. The van der Waals surface area contributed by atoms with Crippen molar-refractivity contribution in [2.24, 2.45) is 5.92 Å². The van der Waals surface area contributed by atoms with Crippen LogP contribution in [0.3, 0.4) is 0 Å². The molecule has 0 saturated carbocycles. The first kappa shape index (κ1) is 33.7. The van der Waals surface area contributed by atoms with Crippen molar-refractivity contribution in [3.8, 4) is 5.75 Å². The SMILES string of the molecule is CCCc1cc(C)ccc1C1COc2ccc3cc2N(CCC(CC)C(N(C)C(=O)OC)/C=C/COC(C)(C)C(=O)NS3)C1. The average Bonchev–Trinajstić information content (AvgIpc) is 3.19. The molecule has 0 spiro atoms. The number of nitrogens with one attached hydrogen (secondary N) is 1. The molecule has 2 aliphatic heterocycles. The number of likely N-dealkylation sites (N-methyl/N-ethyl adjacent to an activating group) is 1. The summed E-state index contributed by atoms with van der Waals surface area (Å²) in [7, 11) is 3.19. The van der Waals surface area contributed by atoms with Gasteiger partial charge in [-0.1, -0.05) is 62.6 Å². The Balaban J connectivity index is 1.74. The highest BCUT2D eigenvalue weighted by Crippen LogP contribution is 2.39. The number of carbonyl (C=O) groups is 2. The Morgan fingerprint density at radius 2 is 2.00 bits per heavy atom. The van der Waals surface area contributed by atoms with Crippen LogP contribution in [0.1, 0.15) is 69.6 Å². The second-order valence-electron chi connectivity index (χ2n) is 12.3. The predicted molar refractivity (Wildman–Crippen MR) is 178 cm³/mol. The summed E-state index contributed by atoms with van der Waals surface area (Å²) in [6.45, 7) is 12.5. The van der Waals surface area contributed by atoms with Crippen molar-refractivity contribution in [1.29, 1.82) is 0 Å². The third-order valence-corrected chi connectivity index (χ3v) is 9.56. The zero-order chi connectivity index (χ0) is 31.9. The summed E-state index contributed by atoms with van der Waals surface area (Å²) in [6.07, 6.45) is 7.39. The van der Waals surface area contributed by atoms with E-state index in [0.29, 0.717) is 6.61 Å². The van der Waals surface area contributed by atoms with E-state index in [-0.39, 0.29) is 36.5 Å². The molecule has 2 heterocycles. The van der Waals surface area contributed by atoms with Crippen molar-refractivity contribution >= 4 is 29.6 Å². The van der Waals surface area contributed by atoms with Crippen LogP contribution in [0.5, 0.6) is 5.75 Å². The number of hydrogen-bond acceptors (Lipinski definition) is 7. The van der Waals surface area contributed by atoms with Crippen molar-refractivity contribution in [3.63, 3.8) is 0 Å². The van der Waals surface area contributed by atoms with Crippen LogP contribution in [0.2, 0.25) is 0 Å². The van der Waals surface area contributed by atoms with Gasteiger partial charge in [0.05, 0.1) is 32.1 Å². The van der Waals surface area contributed by atoms with Crippen LogP contribution in [0.15, 0.2) is 53.4 Å². The Morgan fingerprint density at radius 3 is 2.73 bits per heavy atom. The van der Waals surface area contributed by atoms with Crippen LogP contribution in [-0.4, -0.2) is 69.0 Å². The topological polar surface area (TPSA) is 80.3 Å². The zero-order valence-electron chi connectivity index (χ0n) is 27.4. The van der Waals surface area contributed by atoms with E-state index in [1.54, 1.807) is 25.8 Å². The molecule has 0 aliphatic carbocycles. The largest absolute Gasteiger partial charge is 0.491 e. The number of nitrogens with zero attached hydrogens (tertiary/aromatic N) is 2. The van der Waals surface area contributed by atoms with Crippen LogP contribution in [-0.2, 0) is 20.7 Å². The first-order valence-corrected chi connectivity index (χ1v) is 16.6. The Labute approximate surface area is 267 Å². The molecule has 2 aliphatic rings. The van der Waals surface area contributed by atoms with Gasteiger partial charge in [-0.3, -0.25) is 9.52 Å². The molecule has 2 amide bonds.